The molecule has 0 bridgehead atoms. The number of benzene rings is 1. The number of rotatable bonds is 6. The highest BCUT2D eigenvalue weighted by atomic mass is 16.7. The maximum Gasteiger partial charge on any atom is 0.508 e. The van der Waals surface area contributed by atoms with Crippen LogP contribution in [0, 0.1) is 23.2 Å². The van der Waals surface area contributed by atoms with Crippen molar-refractivity contribution in [2.75, 3.05) is 6.61 Å². The Labute approximate surface area is 181 Å². The molecule has 2 fully saturated rings. The smallest absolute Gasteiger partial charge is 0.508 e. The van der Waals surface area contributed by atoms with Crippen LogP contribution in [0.2, 0.25) is 0 Å². The van der Waals surface area contributed by atoms with E-state index in [1.165, 1.54) is 11.1 Å². The lowest BCUT2D eigenvalue weighted by Gasteiger charge is -2.53. The first-order chi connectivity index (χ1) is 14.5. The van der Waals surface area contributed by atoms with Crippen LogP contribution in [0.4, 0.5) is 4.79 Å². The molecule has 0 amide bonds. The van der Waals surface area contributed by atoms with Gasteiger partial charge in [-0.25, -0.2) is 4.79 Å². The highest BCUT2D eigenvalue weighted by Gasteiger charge is 2.58. The standard InChI is InChI=1S/C26H38O4/c1-4-6-7-14-29-25(28)30-23-11-10-22-24-17(5-2)15-18-16-19(27)8-9-20(18)21(24)12-13-26(22,23)3/h8-9,16-17,21-24,27H,4-7,10-15H2,1-3H3. The zero-order chi connectivity index (χ0) is 21.3. The summed E-state index contributed by atoms with van der Waals surface area (Å²) in [6.45, 7) is 7.27. The number of hydrogen-bond acceptors (Lipinski definition) is 4. The molecule has 6 unspecified atom stereocenters. The molecule has 166 valence electrons. The lowest BCUT2D eigenvalue weighted by molar-refractivity contribution is -0.0635. The second kappa shape index (κ2) is 8.80. The fraction of sp³-hybridized carbons (Fsp3) is 0.731. The third-order valence-corrected chi connectivity index (χ3v) is 8.53. The molecule has 0 spiro atoms. The molecule has 4 rings (SSSR count). The Hall–Kier alpha value is -1.71. The fourth-order valence-corrected chi connectivity index (χ4v) is 6.98. The molecule has 3 aliphatic rings. The van der Waals surface area contributed by atoms with Gasteiger partial charge in [-0.3, -0.25) is 0 Å². The molecule has 4 nitrogen and oxygen atoms in total. The Morgan fingerprint density at radius 3 is 2.80 bits per heavy atom. The third-order valence-electron chi connectivity index (χ3n) is 8.53. The molecule has 0 aromatic heterocycles. The monoisotopic (exact) mass is 414 g/mol. The maximum absolute atomic E-state index is 12.3. The van der Waals surface area contributed by atoms with E-state index in [2.05, 4.69) is 26.8 Å². The molecule has 1 N–H and O–H groups in total. The minimum atomic E-state index is -0.475. The van der Waals surface area contributed by atoms with Crippen molar-refractivity contribution in [3.63, 3.8) is 0 Å². The number of phenolic OH excluding ortho intramolecular Hbond substituents is 1. The van der Waals surface area contributed by atoms with Gasteiger partial charge in [-0.1, -0.05) is 46.1 Å². The molecule has 1 aromatic rings. The molecule has 1 aromatic carbocycles. The van der Waals surface area contributed by atoms with Crippen LogP contribution in [0.15, 0.2) is 18.2 Å². The lowest BCUT2D eigenvalue weighted by Crippen LogP contribution is -2.48. The average Bonchev–Trinajstić information content (AvgIpc) is 3.06. The lowest BCUT2D eigenvalue weighted by atomic mass is 9.52. The van der Waals surface area contributed by atoms with Crippen LogP contribution in [0.25, 0.3) is 0 Å². The van der Waals surface area contributed by atoms with Crippen LogP contribution >= 0.6 is 0 Å². The van der Waals surface area contributed by atoms with Crippen LogP contribution in [0.5, 0.6) is 5.75 Å². The van der Waals surface area contributed by atoms with E-state index in [4.69, 9.17) is 9.47 Å². The Bertz CT molecular complexity index is 759. The largest absolute Gasteiger partial charge is 0.508 e. The zero-order valence-corrected chi connectivity index (χ0v) is 18.9. The van der Waals surface area contributed by atoms with E-state index in [0.29, 0.717) is 36.0 Å². The minimum absolute atomic E-state index is 0.0270. The van der Waals surface area contributed by atoms with Gasteiger partial charge in [0.1, 0.15) is 11.9 Å². The summed E-state index contributed by atoms with van der Waals surface area (Å²) in [4.78, 5) is 12.3. The van der Waals surface area contributed by atoms with Crippen molar-refractivity contribution in [2.45, 2.75) is 90.6 Å². The first-order valence-electron chi connectivity index (χ1n) is 12.1. The molecular formula is C26H38O4. The Morgan fingerprint density at radius 2 is 2.03 bits per heavy atom. The summed E-state index contributed by atoms with van der Waals surface area (Å²) in [5.74, 6) is 2.81. The van der Waals surface area contributed by atoms with Gasteiger partial charge in [-0.05, 0) is 85.5 Å². The Morgan fingerprint density at radius 1 is 1.20 bits per heavy atom. The molecule has 0 heterocycles. The minimum Gasteiger partial charge on any atom is -0.508 e. The molecule has 30 heavy (non-hydrogen) atoms. The number of carbonyl (C=O) groups is 1. The van der Waals surface area contributed by atoms with Crippen molar-refractivity contribution in [2.24, 2.45) is 23.2 Å². The summed E-state index contributed by atoms with van der Waals surface area (Å²) in [6, 6.07) is 6.00. The molecule has 6 atom stereocenters. The molecular weight excluding hydrogens is 376 g/mol. The number of unbranched alkanes of at least 4 members (excludes halogenated alkanes) is 2. The summed E-state index contributed by atoms with van der Waals surface area (Å²) < 4.78 is 11.3. The third kappa shape index (κ3) is 3.83. The van der Waals surface area contributed by atoms with Gasteiger partial charge in [0, 0.05) is 5.41 Å². The van der Waals surface area contributed by atoms with Crippen molar-refractivity contribution in [3.8, 4) is 5.75 Å². The summed E-state index contributed by atoms with van der Waals surface area (Å²) in [6.07, 6.45) is 9.13. The van der Waals surface area contributed by atoms with Gasteiger partial charge in [-0.2, -0.15) is 0 Å². The van der Waals surface area contributed by atoms with Crippen LogP contribution in [0.3, 0.4) is 0 Å². The van der Waals surface area contributed by atoms with Gasteiger partial charge in [0.05, 0.1) is 6.61 Å². The van der Waals surface area contributed by atoms with Crippen LogP contribution < -0.4 is 0 Å². The first-order valence-corrected chi connectivity index (χ1v) is 12.1. The van der Waals surface area contributed by atoms with Crippen molar-refractivity contribution in [3.05, 3.63) is 29.3 Å². The fourth-order valence-electron chi connectivity index (χ4n) is 6.98. The van der Waals surface area contributed by atoms with Crippen LogP contribution in [0.1, 0.15) is 89.2 Å². The second-order valence-electron chi connectivity index (χ2n) is 10.1. The summed E-state index contributed by atoms with van der Waals surface area (Å²) in [5, 5.41) is 9.98. The Balaban J connectivity index is 1.49. The van der Waals surface area contributed by atoms with E-state index >= 15 is 0 Å². The second-order valence-corrected chi connectivity index (χ2v) is 10.1. The van der Waals surface area contributed by atoms with E-state index in [1.54, 1.807) is 0 Å². The maximum atomic E-state index is 12.3. The van der Waals surface area contributed by atoms with Crippen molar-refractivity contribution < 1.29 is 19.4 Å². The van der Waals surface area contributed by atoms with E-state index in [-0.39, 0.29) is 11.5 Å². The van der Waals surface area contributed by atoms with Gasteiger partial charge in [0.15, 0.2) is 0 Å². The number of phenols is 1. The summed E-state index contributed by atoms with van der Waals surface area (Å²) in [7, 11) is 0. The van der Waals surface area contributed by atoms with Crippen LogP contribution in [-0.2, 0) is 15.9 Å². The normalized spacial score (nSPS) is 34.6. The van der Waals surface area contributed by atoms with E-state index in [9.17, 15) is 9.90 Å². The molecule has 0 aliphatic heterocycles. The van der Waals surface area contributed by atoms with E-state index in [0.717, 1.165) is 57.8 Å². The summed E-state index contributed by atoms with van der Waals surface area (Å²) in [5.41, 5.74) is 2.84. The van der Waals surface area contributed by atoms with E-state index in [1.807, 2.05) is 12.1 Å². The molecule has 2 saturated carbocycles. The van der Waals surface area contributed by atoms with Crippen molar-refractivity contribution >= 4 is 6.16 Å². The number of ether oxygens (including phenoxy) is 2. The summed E-state index contributed by atoms with van der Waals surface area (Å²) >= 11 is 0. The van der Waals surface area contributed by atoms with Gasteiger partial charge in [0.25, 0.3) is 0 Å². The van der Waals surface area contributed by atoms with Gasteiger partial charge in [-0.15, -0.1) is 0 Å². The number of hydrogen-bond donors (Lipinski definition) is 1. The predicted molar refractivity (Wildman–Crippen MR) is 118 cm³/mol. The van der Waals surface area contributed by atoms with Gasteiger partial charge < -0.3 is 14.6 Å². The SMILES string of the molecule is CCCCCOC(=O)OC1CCC2C3C(CC)Cc4cc(O)ccc4C3CCC12C. The Kier molecular flexibility index (Phi) is 6.31. The molecule has 4 heteroatoms. The molecule has 3 aliphatic carbocycles. The highest BCUT2D eigenvalue weighted by Crippen LogP contribution is 2.63. The molecule has 0 saturated heterocycles. The molecule has 0 radical (unpaired) electrons. The first kappa shape index (κ1) is 21.5. The highest BCUT2D eigenvalue weighted by molar-refractivity contribution is 5.60. The van der Waals surface area contributed by atoms with Crippen molar-refractivity contribution in [1.29, 1.82) is 0 Å². The number of aromatic hydroxyl groups is 1. The average molecular weight is 415 g/mol. The van der Waals surface area contributed by atoms with Crippen LogP contribution in [-0.4, -0.2) is 24.0 Å². The quantitative estimate of drug-likeness (QED) is 0.421. The predicted octanol–water partition coefficient (Wildman–Crippen LogP) is 6.60. The van der Waals surface area contributed by atoms with E-state index < -0.39 is 6.16 Å². The number of fused-ring (bicyclic) bond motifs is 5. The van der Waals surface area contributed by atoms with Gasteiger partial charge in [0.2, 0.25) is 0 Å². The zero-order valence-electron chi connectivity index (χ0n) is 18.9. The number of carbonyl (C=O) groups excluding carboxylic acids is 1. The topological polar surface area (TPSA) is 55.8 Å². The van der Waals surface area contributed by atoms with Gasteiger partial charge >= 0.3 is 6.16 Å². The van der Waals surface area contributed by atoms with Crippen molar-refractivity contribution in [1.82, 2.24) is 0 Å².